The van der Waals surface area contributed by atoms with Crippen LogP contribution in [-0.4, -0.2) is 37.2 Å². The van der Waals surface area contributed by atoms with E-state index < -0.39 is 17.2 Å². The second-order valence-corrected chi connectivity index (χ2v) is 8.43. The van der Waals surface area contributed by atoms with E-state index in [0.29, 0.717) is 29.1 Å². The highest BCUT2D eigenvalue weighted by Gasteiger charge is 2.23. The van der Waals surface area contributed by atoms with Crippen molar-refractivity contribution >= 4 is 24.0 Å². The van der Waals surface area contributed by atoms with Gasteiger partial charge in [-0.05, 0) is 38.5 Å². The fraction of sp³-hybridized carbons (Fsp3) is 0.292. The van der Waals surface area contributed by atoms with Gasteiger partial charge < -0.3 is 15.8 Å². The summed E-state index contributed by atoms with van der Waals surface area (Å²) in [7, 11) is 0. The van der Waals surface area contributed by atoms with Gasteiger partial charge in [0.05, 0.1) is 16.9 Å². The van der Waals surface area contributed by atoms with Crippen LogP contribution >= 0.6 is 12.4 Å². The Morgan fingerprint density at radius 3 is 2.60 bits per heavy atom. The molecule has 3 aromatic heterocycles. The number of nitrogens with one attached hydrogen (secondary N) is 1. The van der Waals surface area contributed by atoms with Gasteiger partial charge in [-0.2, -0.15) is 5.10 Å². The van der Waals surface area contributed by atoms with E-state index >= 15 is 0 Å². The number of nitrogens with two attached hydrogens (primary N) is 1. The van der Waals surface area contributed by atoms with Gasteiger partial charge in [0.25, 0.3) is 5.91 Å². The van der Waals surface area contributed by atoms with Crippen LogP contribution in [0.4, 0.5) is 8.78 Å². The fourth-order valence-electron chi connectivity index (χ4n) is 3.45. The van der Waals surface area contributed by atoms with E-state index in [1.54, 1.807) is 46.7 Å². The molecule has 4 aromatic rings. The Labute approximate surface area is 207 Å². The predicted octanol–water partition coefficient (Wildman–Crippen LogP) is 3.96. The van der Waals surface area contributed by atoms with Crippen LogP contribution in [0.3, 0.4) is 0 Å². The molecule has 0 saturated carbocycles. The number of amides is 1. The Morgan fingerprint density at radius 2 is 1.97 bits per heavy atom. The number of pyridine rings is 1. The number of hydrogen-bond donors (Lipinski definition) is 2. The van der Waals surface area contributed by atoms with Gasteiger partial charge in [0.1, 0.15) is 23.9 Å². The van der Waals surface area contributed by atoms with E-state index in [1.165, 1.54) is 18.2 Å². The van der Waals surface area contributed by atoms with Crippen LogP contribution in [0.2, 0.25) is 0 Å². The molecule has 8 nitrogen and oxygen atoms in total. The third-order valence-electron chi connectivity index (χ3n) is 5.72. The lowest BCUT2D eigenvalue weighted by Gasteiger charge is -2.23. The average Bonchev–Trinajstić information content (AvgIpc) is 3.45. The van der Waals surface area contributed by atoms with Gasteiger partial charge in [-0.25, -0.2) is 18.4 Å². The number of rotatable bonds is 8. The Kier molecular flexibility index (Phi) is 7.76. The first-order chi connectivity index (χ1) is 16.2. The molecule has 1 aromatic carbocycles. The summed E-state index contributed by atoms with van der Waals surface area (Å²) >= 11 is 0. The van der Waals surface area contributed by atoms with Crippen LogP contribution in [0.25, 0.3) is 11.3 Å². The second-order valence-electron chi connectivity index (χ2n) is 8.43. The number of carbonyl (C=O) groups excluding carboxylic acids is 1. The van der Waals surface area contributed by atoms with E-state index in [1.807, 2.05) is 13.8 Å². The zero-order chi connectivity index (χ0) is 24.5. The molecule has 3 heterocycles. The van der Waals surface area contributed by atoms with Crippen LogP contribution in [0.15, 0.2) is 48.9 Å². The molecule has 0 radical (unpaired) electrons. The summed E-state index contributed by atoms with van der Waals surface area (Å²) in [6.45, 7) is 5.44. The standard InChI is InChI=1S/C24H26F2N6O2.ClH/c1-4-24(3,27)14-28-23(33)21-15(2)30-22-20(34-13-17-18(25)7-5-8-19(17)26)11-16(12-31(21)22)32-10-6-9-29-32;/h5-12H,4,13-14,27H2,1-3H3,(H,28,33);1H. The van der Waals surface area contributed by atoms with Crippen molar-refractivity contribution in [3.05, 3.63) is 77.5 Å². The maximum atomic E-state index is 14.1. The lowest BCUT2D eigenvalue weighted by molar-refractivity contribution is 0.0937. The number of nitrogens with zero attached hydrogens (tertiary/aromatic N) is 4. The van der Waals surface area contributed by atoms with Gasteiger partial charge in [-0.1, -0.05) is 13.0 Å². The Balaban J connectivity index is 0.00000342. The molecule has 0 fully saturated rings. The van der Waals surface area contributed by atoms with Gasteiger partial charge in [0.2, 0.25) is 0 Å². The highest BCUT2D eigenvalue weighted by atomic mass is 35.5. The second kappa shape index (κ2) is 10.4. The molecule has 0 bridgehead atoms. The van der Waals surface area contributed by atoms with Crippen molar-refractivity contribution in [3.63, 3.8) is 0 Å². The summed E-state index contributed by atoms with van der Waals surface area (Å²) in [4.78, 5) is 17.6. The summed E-state index contributed by atoms with van der Waals surface area (Å²) in [5.41, 5.74) is 7.09. The molecule has 4 rings (SSSR count). The quantitative estimate of drug-likeness (QED) is 0.378. The van der Waals surface area contributed by atoms with Gasteiger partial charge in [-0.15, -0.1) is 12.4 Å². The molecule has 1 atom stereocenters. The summed E-state index contributed by atoms with van der Waals surface area (Å²) in [5, 5.41) is 7.10. The number of imidazole rings is 1. The van der Waals surface area contributed by atoms with Crippen molar-refractivity contribution < 1.29 is 18.3 Å². The smallest absolute Gasteiger partial charge is 0.270 e. The number of hydrogen-bond acceptors (Lipinski definition) is 5. The SMILES string of the molecule is CCC(C)(N)CNC(=O)c1c(C)nc2c(OCc3c(F)cccc3F)cc(-n3cccn3)cn12.Cl. The topological polar surface area (TPSA) is 99.5 Å². The van der Waals surface area contributed by atoms with E-state index in [2.05, 4.69) is 15.4 Å². The molecular formula is C24H27ClF2N6O2. The number of fused-ring (bicyclic) bond motifs is 1. The van der Waals surface area contributed by atoms with Crippen LogP contribution < -0.4 is 15.8 Å². The highest BCUT2D eigenvalue weighted by Crippen LogP contribution is 2.27. The molecule has 11 heteroatoms. The van der Waals surface area contributed by atoms with Crippen molar-refractivity contribution in [2.24, 2.45) is 5.73 Å². The zero-order valence-corrected chi connectivity index (χ0v) is 20.4. The third kappa shape index (κ3) is 5.44. The van der Waals surface area contributed by atoms with Crippen molar-refractivity contribution in [1.29, 1.82) is 0 Å². The normalized spacial score (nSPS) is 12.7. The van der Waals surface area contributed by atoms with Crippen molar-refractivity contribution in [3.8, 4) is 11.4 Å². The van der Waals surface area contributed by atoms with Crippen LogP contribution in [0.1, 0.15) is 42.0 Å². The first-order valence-electron chi connectivity index (χ1n) is 10.9. The Bertz CT molecular complexity index is 1320. The predicted molar refractivity (Wildman–Crippen MR) is 130 cm³/mol. The monoisotopic (exact) mass is 504 g/mol. The van der Waals surface area contributed by atoms with Crippen molar-refractivity contribution in [1.82, 2.24) is 24.5 Å². The zero-order valence-electron chi connectivity index (χ0n) is 19.6. The van der Waals surface area contributed by atoms with Crippen LogP contribution in [-0.2, 0) is 6.61 Å². The molecule has 0 aliphatic carbocycles. The number of aryl methyl sites for hydroxylation is 1. The molecule has 35 heavy (non-hydrogen) atoms. The van der Waals surface area contributed by atoms with Crippen LogP contribution in [0, 0.1) is 18.6 Å². The van der Waals surface area contributed by atoms with Gasteiger partial charge in [0.15, 0.2) is 11.4 Å². The van der Waals surface area contributed by atoms with Gasteiger partial charge >= 0.3 is 0 Å². The van der Waals surface area contributed by atoms with Crippen LogP contribution in [0.5, 0.6) is 5.75 Å². The Morgan fingerprint density at radius 1 is 1.26 bits per heavy atom. The third-order valence-corrected chi connectivity index (χ3v) is 5.72. The van der Waals surface area contributed by atoms with E-state index in [9.17, 15) is 13.6 Å². The lowest BCUT2D eigenvalue weighted by Crippen LogP contribution is -2.47. The number of halogens is 3. The fourth-order valence-corrected chi connectivity index (χ4v) is 3.45. The maximum absolute atomic E-state index is 14.1. The highest BCUT2D eigenvalue weighted by molar-refractivity contribution is 5.95. The maximum Gasteiger partial charge on any atom is 0.270 e. The minimum Gasteiger partial charge on any atom is -0.485 e. The lowest BCUT2D eigenvalue weighted by atomic mass is 10.0. The number of aromatic nitrogens is 4. The molecule has 3 N–H and O–H groups in total. The molecule has 1 unspecified atom stereocenters. The number of ether oxygens (including phenoxy) is 1. The number of benzene rings is 1. The molecular weight excluding hydrogens is 478 g/mol. The van der Waals surface area contributed by atoms with Crippen molar-refractivity contribution in [2.45, 2.75) is 39.3 Å². The van der Waals surface area contributed by atoms with Gasteiger partial charge in [-0.3, -0.25) is 9.20 Å². The van der Waals surface area contributed by atoms with Crippen molar-refractivity contribution in [2.75, 3.05) is 6.54 Å². The van der Waals surface area contributed by atoms with E-state index in [0.717, 1.165) is 0 Å². The molecule has 186 valence electrons. The first kappa shape index (κ1) is 26.1. The summed E-state index contributed by atoms with van der Waals surface area (Å²) < 4.78 is 37.3. The minimum atomic E-state index is -0.709. The molecule has 0 aliphatic rings. The Hall–Kier alpha value is -3.50. The summed E-state index contributed by atoms with van der Waals surface area (Å²) in [6, 6.07) is 7.03. The first-order valence-corrected chi connectivity index (χ1v) is 10.9. The number of carbonyl (C=O) groups is 1. The van der Waals surface area contributed by atoms with E-state index in [-0.39, 0.29) is 42.8 Å². The summed E-state index contributed by atoms with van der Waals surface area (Å²) in [6.07, 6.45) is 5.73. The average molecular weight is 505 g/mol. The van der Waals surface area contributed by atoms with Gasteiger partial charge in [0, 0.05) is 36.7 Å². The largest absolute Gasteiger partial charge is 0.485 e. The molecule has 0 aliphatic heterocycles. The minimum absolute atomic E-state index is 0. The van der Waals surface area contributed by atoms with E-state index in [4.69, 9.17) is 10.5 Å². The molecule has 1 amide bonds. The summed E-state index contributed by atoms with van der Waals surface area (Å²) in [5.74, 6) is -1.52. The molecule has 0 spiro atoms. The molecule has 0 saturated heterocycles.